The maximum Gasteiger partial charge on any atom is 0.274 e. The highest BCUT2D eigenvalue weighted by molar-refractivity contribution is 5.92. The zero-order valence-electron chi connectivity index (χ0n) is 12.8. The highest BCUT2D eigenvalue weighted by Gasteiger charge is 2.15. The van der Waals surface area contributed by atoms with Crippen LogP contribution in [0.4, 0.5) is 5.69 Å². The number of carbonyl (C=O) groups excluding carboxylic acids is 1. The molecule has 23 heavy (non-hydrogen) atoms. The first-order valence-corrected chi connectivity index (χ1v) is 6.73. The molecule has 0 saturated heterocycles. The van der Waals surface area contributed by atoms with Crippen molar-refractivity contribution in [3.05, 3.63) is 52.3 Å². The molecule has 2 rings (SSSR count). The normalized spacial score (nSPS) is 10.0. The van der Waals surface area contributed by atoms with Crippen molar-refractivity contribution in [3.8, 4) is 5.69 Å². The molecule has 0 aliphatic heterocycles. The average molecular weight is 340 g/mol. The van der Waals surface area contributed by atoms with Crippen LogP contribution in [0.3, 0.4) is 0 Å². The molecule has 0 radical (unpaired) electrons. The number of nitrogens with zero attached hydrogens (tertiary/aromatic N) is 4. The quantitative estimate of drug-likeness (QED) is 0.635. The summed E-state index contributed by atoms with van der Waals surface area (Å²) in [6.07, 6.45) is 1.65. The van der Waals surface area contributed by atoms with Crippen LogP contribution in [-0.4, -0.2) is 52.7 Å². The minimum Gasteiger partial charge on any atom is -0.339 e. The van der Waals surface area contributed by atoms with Crippen molar-refractivity contribution in [2.45, 2.75) is 0 Å². The minimum atomic E-state index is -0.460. The highest BCUT2D eigenvalue weighted by Crippen LogP contribution is 2.15. The van der Waals surface area contributed by atoms with Gasteiger partial charge in [0.2, 0.25) is 0 Å². The minimum absolute atomic E-state index is 0. The van der Waals surface area contributed by atoms with Crippen molar-refractivity contribution >= 4 is 24.0 Å². The summed E-state index contributed by atoms with van der Waals surface area (Å²) in [5, 5.41) is 17.8. The summed E-state index contributed by atoms with van der Waals surface area (Å²) in [7, 11) is 3.53. The van der Waals surface area contributed by atoms with Gasteiger partial charge >= 0.3 is 0 Å². The molecule has 9 heteroatoms. The molecule has 1 heterocycles. The van der Waals surface area contributed by atoms with E-state index in [1.54, 1.807) is 36.3 Å². The Morgan fingerprint density at radius 1 is 1.35 bits per heavy atom. The summed E-state index contributed by atoms with van der Waals surface area (Å²) in [5.41, 5.74) is 0.999. The van der Waals surface area contributed by atoms with Crippen molar-refractivity contribution in [2.75, 3.05) is 27.2 Å². The van der Waals surface area contributed by atoms with Gasteiger partial charge in [-0.2, -0.15) is 5.10 Å². The predicted octanol–water partition coefficient (Wildman–Crippen LogP) is 1.49. The lowest BCUT2D eigenvalue weighted by molar-refractivity contribution is -0.384. The molecule has 0 fully saturated rings. The molecule has 1 aromatic heterocycles. The number of non-ortho nitro benzene ring substituents is 1. The fraction of sp³-hybridized carbons (Fsp3) is 0.286. The van der Waals surface area contributed by atoms with Crippen LogP contribution < -0.4 is 5.32 Å². The second kappa shape index (κ2) is 8.25. The van der Waals surface area contributed by atoms with Crippen LogP contribution in [-0.2, 0) is 0 Å². The smallest absolute Gasteiger partial charge is 0.274 e. The van der Waals surface area contributed by atoms with Gasteiger partial charge in [0.25, 0.3) is 11.6 Å². The van der Waals surface area contributed by atoms with E-state index in [4.69, 9.17) is 0 Å². The number of nitro benzene ring substituents is 1. The van der Waals surface area contributed by atoms with Crippen LogP contribution in [0.2, 0.25) is 0 Å². The summed E-state index contributed by atoms with van der Waals surface area (Å²) < 4.78 is 1.52. The molecule has 124 valence electrons. The number of nitro groups is 1. The molecule has 0 aliphatic rings. The molecule has 8 nitrogen and oxygen atoms in total. The topological polar surface area (TPSA) is 93.3 Å². The zero-order chi connectivity index (χ0) is 16.1. The molecule has 1 amide bonds. The summed E-state index contributed by atoms with van der Waals surface area (Å²) in [4.78, 5) is 23.9. The number of aromatic nitrogens is 2. The molecule has 1 N–H and O–H groups in total. The van der Waals surface area contributed by atoms with Crippen LogP contribution in [0.15, 0.2) is 36.5 Å². The lowest BCUT2D eigenvalue weighted by atomic mass is 10.3. The first kappa shape index (κ1) is 18.6. The van der Waals surface area contributed by atoms with Gasteiger partial charge in [0.1, 0.15) is 0 Å². The molecule has 1 aromatic carbocycles. The Bertz CT molecular complexity index is 671. The standard InChI is InChI=1S/C14H17N5O3.ClH/c1-15-8-10-17(2)14(20)13-7-9-18(16-13)11-3-5-12(6-4-11)19(21)22;/h3-7,9,15H,8,10H2,1-2H3;1H. The maximum absolute atomic E-state index is 12.2. The molecule has 0 saturated carbocycles. The summed E-state index contributed by atoms with van der Waals surface area (Å²) in [5.74, 6) is -0.170. The van der Waals surface area contributed by atoms with E-state index in [-0.39, 0.29) is 24.0 Å². The fourth-order valence-corrected chi connectivity index (χ4v) is 1.89. The van der Waals surface area contributed by atoms with Crippen molar-refractivity contribution in [1.29, 1.82) is 0 Å². The first-order chi connectivity index (χ1) is 10.5. The van der Waals surface area contributed by atoms with Crippen LogP contribution in [0.1, 0.15) is 10.5 Å². The Balaban J connectivity index is 0.00000264. The SMILES string of the molecule is CNCCN(C)C(=O)c1ccn(-c2ccc([N+](=O)[O-])cc2)n1.Cl. The van der Waals surface area contributed by atoms with Gasteiger partial charge in [0, 0.05) is 38.5 Å². The van der Waals surface area contributed by atoms with Gasteiger partial charge in [-0.3, -0.25) is 14.9 Å². The third-order valence-corrected chi connectivity index (χ3v) is 3.18. The van der Waals surface area contributed by atoms with Gasteiger partial charge in [-0.1, -0.05) is 0 Å². The lowest BCUT2D eigenvalue weighted by Crippen LogP contribution is -2.33. The van der Waals surface area contributed by atoms with Gasteiger partial charge in [0.05, 0.1) is 10.6 Å². The number of nitrogens with one attached hydrogen (secondary N) is 1. The predicted molar refractivity (Wildman–Crippen MR) is 88.4 cm³/mol. The molecule has 0 spiro atoms. The van der Waals surface area contributed by atoms with Gasteiger partial charge in [-0.25, -0.2) is 4.68 Å². The molecule has 2 aromatic rings. The molecule has 0 aliphatic carbocycles. The number of halogens is 1. The summed E-state index contributed by atoms with van der Waals surface area (Å²) in [6, 6.07) is 7.60. The van der Waals surface area contributed by atoms with Crippen molar-refractivity contribution in [2.24, 2.45) is 0 Å². The number of rotatable bonds is 6. The molecule has 0 bridgehead atoms. The lowest BCUT2D eigenvalue weighted by Gasteiger charge is -2.15. The van der Waals surface area contributed by atoms with Gasteiger partial charge in [-0.05, 0) is 25.2 Å². The second-order valence-electron chi connectivity index (χ2n) is 4.75. The van der Waals surface area contributed by atoms with E-state index in [0.717, 1.165) is 0 Å². The van der Waals surface area contributed by atoms with E-state index in [9.17, 15) is 14.9 Å². The van der Waals surface area contributed by atoms with E-state index in [1.165, 1.54) is 16.8 Å². The maximum atomic E-state index is 12.2. The Kier molecular flexibility index (Phi) is 6.67. The number of amides is 1. The van der Waals surface area contributed by atoms with Gasteiger partial charge < -0.3 is 10.2 Å². The Morgan fingerprint density at radius 2 is 2.00 bits per heavy atom. The zero-order valence-corrected chi connectivity index (χ0v) is 13.6. The molecule has 0 atom stereocenters. The van der Waals surface area contributed by atoms with Crippen LogP contribution in [0.5, 0.6) is 0 Å². The van der Waals surface area contributed by atoms with Crippen LogP contribution in [0.25, 0.3) is 5.69 Å². The third-order valence-electron chi connectivity index (χ3n) is 3.18. The Labute approximate surface area is 139 Å². The van der Waals surface area contributed by atoms with Gasteiger partial charge in [-0.15, -0.1) is 12.4 Å². The van der Waals surface area contributed by atoms with E-state index < -0.39 is 4.92 Å². The van der Waals surface area contributed by atoms with E-state index in [1.807, 2.05) is 7.05 Å². The number of benzene rings is 1. The molecular weight excluding hydrogens is 322 g/mol. The Morgan fingerprint density at radius 3 is 2.57 bits per heavy atom. The number of hydrogen-bond donors (Lipinski definition) is 1. The Hall–Kier alpha value is -2.45. The molecule has 0 unspecified atom stereocenters. The van der Waals surface area contributed by atoms with Crippen molar-refractivity contribution in [3.63, 3.8) is 0 Å². The number of carbonyl (C=O) groups is 1. The third kappa shape index (κ3) is 4.51. The van der Waals surface area contributed by atoms with E-state index in [2.05, 4.69) is 10.4 Å². The van der Waals surface area contributed by atoms with Crippen LogP contribution in [0, 0.1) is 10.1 Å². The average Bonchev–Trinajstić information content (AvgIpc) is 3.01. The summed E-state index contributed by atoms with van der Waals surface area (Å²) in [6.45, 7) is 1.28. The van der Waals surface area contributed by atoms with Crippen LogP contribution >= 0.6 is 12.4 Å². The second-order valence-corrected chi connectivity index (χ2v) is 4.75. The van der Waals surface area contributed by atoms with Gasteiger partial charge in [0.15, 0.2) is 5.69 Å². The molecular formula is C14H18ClN5O3. The highest BCUT2D eigenvalue weighted by atomic mass is 35.5. The fourth-order valence-electron chi connectivity index (χ4n) is 1.89. The first-order valence-electron chi connectivity index (χ1n) is 6.73. The number of hydrogen-bond acceptors (Lipinski definition) is 5. The van der Waals surface area contributed by atoms with Crippen molar-refractivity contribution < 1.29 is 9.72 Å². The van der Waals surface area contributed by atoms with E-state index >= 15 is 0 Å². The van der Waals surface area contributed by atoms with E-state index in [0.29, 0.717) is 24.5 Å². The largest absolute Gasteiger partial charge is 0.339 e. The monoisotopic (exact) mass is 339 g/mol. The number of likely N-dealkylation sites (N-methyl/N-ethyl adjacent to an activating group) is 2. The van der Waals surface area contributed by atoms with Crippen molar-refractivity contribution in [1.82, 2.24) is 20.0 Å². The summed E-state index contributed by atoms with van der Waals surface area (Å²) >= 11 is 0.